The van der Waals surface area contributed by atoms with Gasteiger partial charge in [0.2, 0.25) is 11.4 Å². The van der Waals surface area contributed by atoms with Crippen molar-refractivity contribution in [2.45, 2.75) is 24.7 Å². The molecule has 1 aliphatic rings. The number of carbonyl (C=O) groups is 2. The van der Waals surface area contributed by atoms with Crippen molar-refractivity contribution in [1.29, 1.82) is 0 Å². The van der Waals surface area contributed by atoms with Crippen molar-refractivity contribution in [3.63, 3.8) is 0 Å². The van der Waals surface area contributed by atoms with Gasteiger partial charge in [-0.15, -0.1) is 11.6 Å². The van der Waals surface area contributed by atoms with Crippen molar-refractivity contribution >= 4 is 29.2 Å². The van der Waals surface area contributed by atoms with Crippen LogP contribution in [0, 0.1) is 0 Å². The van der Waals surface area contributed by atoms with Gasteiger partial charge in [0, 0.05) is 6.54 Å². The van der Waals surface area contributed by atoms with E-state index in [4.69, 9.17) is 11.6 Å². The van der Waals surface area contributed by atoms with Crippen molar-refractivity contribution in [2.75, 3.05) is 11.2 Å². The molecule has 154 valence electrons. The Labute approximate surface area is 165 Å². The van der Waals surface area contributed by atoms with Crippen LogP contribution < -0.4 is 21.9 Å². The zero-order valence-electron chi connectivity index (χ0n) is 14.6. The Morgan fingerprint density at radius 2 is 1.83 bits per heavy atom. The van der Waals surface area contributed by atoms with Crippen molar-refractivity contribution in [1.82, 2.24) is 14.9 Å². The molecule has 1 aromatic heterocycles. The van der Waals surface area contributed by atoms with Crippen LogP contribution in [-0.4, -0.2) is 33.4 Å². The summed E-state index contributed by atoms with van der Waals surface area (Å²) in [6, 6.07) is 8.75. The molecule has 0 spiro atoms. The van der Waals surface area contributed by atoms with Gasteiger partial charge in [-0.2, -0.15) is 13.2 Å². The van der Waals surface area contributed by atoms with Crippen molar-refractivity contribution in [2.24, 2.45) is 0 Å². The Morgan fingerprint density at radius 3 is 2.41 bits per heavy atom. The summed E-state index contributed by atoms with van der Waals surface area (Å²) in [5.74, 6) is -4.50. The lowest BCUT2D eigenvalue weighted by molar-refractivity contribution is -0.200. The molecule has 0 saturated heterocycles. The van der Waals surface area contributed by atoms with Gasteiger partial charge >= 0.3 is 11.9 Å². The predicted molar refractivity (Wildman–Crippen MR) is 96.7 cm³/mol. The Hall–Kier alpha value is -3.08. The molecule has 0 saturated carbocycles. The van der Waals surface area contributed by atoms with Gasteiger partial charge in [-0.1, -0.05) is 30.3 Å². The first-order valence-corrected chi connectivity index (χ1v) is 8.82. The lowest BCUT2D eigenvalue weighted by Crippen LogP contribution is -2.62. The molecule has 0 bridgehead atoms. The minimum Gasteiger partial charge on any atom is -0.329 e. The largest absolute Gasteiger partial charge is 0.425 e. The van der Waals surface area contributed by atoms with E-state index < -0.39 is 52.0 Å². The Balaban J connectivity index is 2.17. The summed E-state index contributed by atoms with van der Waals surface area (Å²) in [6.45, 7) is -0.125. The number of amides is 2. The van der Waals surface area contributed by atoms with Gasteiger partial charge in [0.1, 0.15) is 17.3 Å². The van der Waals surface area contributed by atoms with Gasteiger partial charge in [-0.3, -0.25) is 23.9 Å². The van der Waals surface area contributed by atoms with Gasteiger partial charge < -0.3 is 10.6 Å². The molecular formula is C17H14ClF3N4O4. The van der Waals surface area contributed by atoms with Crippen LogP contribution in [0.25, 0.3) is 0 Å². The molecule has 0 radical (unpaired) electrons. The van der Waals surface area contributed by atoms with Crippen molar-refractivity contribution in [3.05, 3.63) is 62.3 Å². The minimum absolute atomic E-state index is 0.125. The molecule has 29 heavy (non-hydrogen) atoms. The average molecular weight is 431 g/mol. The summed E-state index contributed by atoms with van der Waals surface area (Å²) >= 11 is 5.28. The zero-order valence-corrected chi connectivity index (χ0v) is 15.4. The van der Waals surface area contributed by atoms with Crippen LogP contribution in [0.2, 0.25) is 0 Å². The number of benzene rings is 1. The van der Waals surface area contributed by atoms with Gasteiger partial charge in [-0.05, 0) is 12.0 Å². The molecule has 0 aliphatic carbocycles. The van der Waals surface area contributed by atoms with Gasteiger partial charge in [0.25, 0.3) is 11.5 Å². The highest BCUT2D eigenvalue weighted by atomic mass is 35.5. The smallest absolute Gasteiger partial charge is 0.329 e. The number of fused-ring (bicyclic) bond motifs is 1. The SMILES string of the molecule is O=C(CCl)N[C@@]1(C(F)(F)F)C(=O)Nc2c1c(=O)[nH]c(=O)n2CCc1ccccc1. The number of rotatable bonds is 5. The minimum atomic E-state index is -5.38. The van der Waals surface area contributed by atoms with E-state index in [1.54, 1.807) is 35.3 Å². The number of carbonyl (C=O) groups excluding carboxylic acids is 2. The summed E-state index contributed by atoms with van der Waals surface area (Å²) in [4.78, 5) is 50.3. The highest BCUT2D eigenvalue weighted by Gasteiger charge is 2.68. The normalized spacial score (nSPS) is 18.3. The molecular weight excluding hydrogens is 417 g/mol. The van der Waals surface area contributed by atoms with Gasteiger partial charge in [0.15, 0.2) is 0 Å². The summed E-state index contributed by atoms with van der Waals surface area (Å²) < 4.78 is 42.7. The summed E-state index contributed by atoms with van der Waals surface area (Å²) in [5.41, 5.74) is -6.43. The molecule has 0 fully saturated rings. The number of aromatic nitrogens is 2. The second-order valence-electron chi connectivity index (χ2n) is 6.25. The molecule has 1 atom stereocenters. The molecule has 2 amide bonds. The number of nitrogens with one attached hydrogen (secondary N) is 3. The molecule has 1 aliphatic heterocycles. The number of hydrogen-bond acceptors (Lipinski definition) is 4. The second-order valence-corrected chi connectivity index (χ2v) is 6.52. The van der Waals surface area contributed by atoms with E-state index in [2.05, 4.69) is 0 Å². The van der Waals surface area contributed by atoms with E-state index >= 15 is 0 Å². The topological polar surface area (TPSA) is 113 Å². The fourth-order valence-corrected chi connectivity index (χ4v) is 3.23. The standard InChI is InChI=1S/C17H14ClF3N4O4/c18-8-10(26)24-16(17(19,20)21)11-12(22-14(16)28)25(15(29)23-13(11)27)7-6-9-4-2-1-3-5-9/h1-5H,6-8H2,(H,22,28)(H,24,26)(H,23,27,29)/t16-/m1/s1. The van der Waals surface area contributed by atoms with Crippen LogP contribution in [0.1, 0.15) is 11.1 Å². The van der Waals surface area contributed by atoms with Crippen LogP contribution in [0.4, 0.5) is 19.0 Å². The third kappa shape index (κ3) is 3.41. The lowest BCUT2D eigenvalue weighted by atomic mass is 9.92. The van der Waals surface area contributed by atoms with Crippen LogP contribution in [0.15, 0.2) is 39.9 Å². The maximum Gasteiger partial charge on any atom is 0.425 e. The molecule has 8 nitrogen and oxygen atoms in total. The Kier molecular flexibility index (Phi) is 5.26. The van der Waals surface area contributed by atoms with E-state index in [1.165, 1.54) is 5.32 Å². The number of aromatic amines is 1. The fraction of sp³-hybridized carbons (Fsp3) is 0.294. The summed E-state index contributed by atoms with van der Waals surface area (Å²) in [7, 11) is 0. The highest BCUT2D eigenvalue weighted by molar-refractivity contribution is 6.27. The highest BCUT2D eigenvalue weighted by Crippen LogP contribution is 2.44. The fourth-order valence-electron chi connectivity index (χ4n) is 3.17. The molecule has 0 unspecified atom stereocenters. The maximum atomic E-state index is 13.9. The first-order valence-electron chi connectivity index (χ1n) is 8.28. The van der Waals surface area contributed by atoms with Crippen LogP contribution in [0.3, 0.4) is 0 Å². The third-order valence-corrected chi connectivity index (χ3v) is 4.73. The summed E-state index contributed by atoms with van der Waals surface area (Å²) in [6.07, 6.45) is -5.14. The molecule has 2 heterocycles. The number of alkyl halides is 4. The van der Waals surface area contributed by atoms with Gasteiger partial charge in [0.05, 0.1) is 0 Å². The predicted octanol–water partition coefficient (Wildman–Crippen LogP) is 0.844. The number of H-pyrrole nitrogens is 1. The molecule has 1 aromatic carbocycles. The average Bonchev–Trinajstić information content (AvgIpc) is 2.95. The Bertz CT molecular complexity index is 1080. The van der Waals surface area contributed by atoms with Crippen molar-refractivity contribution in [3.8, 4) is 0 Å². The number of hydrogen-bond donors (Lipinski definition) is 3. The third-order valence-electron chi connectivity index (χ3n) is 4.49. The van der Waals surface area contributed by atoms with Crippen LogP contribution in [0.5, 0.6) is 0 Å². The molecule has 3 N–H and O–H groups in total. The number of aryl methyl sites for hydroxylation is 1. The van der Waals surface area contributed by atoms with E-state index in [0.717, 1.165) is 10.1 Å². The second kappa shape index (κ2) is 7.39. The van der Waals surface area contributed by atoms with Crippen molar-refractivity contribution < 1.29 is 22.8 Å². The number of anilines is 1. The first kappa shape index (κ1) is 20.6. The van der Waals surface area contributed by atoms with E-state index in [-0.39, 0.29) is 13.0 Å². The lowest BCUT2D eigenvalue weighted by Gasteiger charge is -2.29. The zero-order chi connectivity index (χ0) is 21.4. The molecule has 3 rings (SSSR count). The summed E-state index contributed by atoms with van der Waals surface area (Å²) in [5, 5.41) is 3.44. The quantitative estimate of drug-likeness (QED) is 0.610. The van der Waals surface area contributed by atoms with Crippen LogP contribution in [-0.2, 0) is 28.1 Å². The maximum absolute atomic E-state index is 13.9. The molecule has 2 aromatic rings. The van der Waals surface area contributed by atoms with Crippen LogP contribution >= 0.6 is 11.6 Å². The van der Waals surface area contributed by atoms with E-state index in [0.29, 0.717) is 0 Å². The number of nitrogens with zero attached hydrogens (tertiary/aromatic N) is 1. The van der Waals surface area contributed by atoms with E-state index in [9.17, 15) is 32.3 Å². The van der Waals surface area contributed by atoms with E-state index in [1.807, 2.05) is 5.32 Å². The monoisotopic (exact) mass is 430 g/mol. The van der Waals surface area contributed by atoms with Gasteiger partial charge in [-0.25, -0.2) is 4.79 Å². The molecule has 12 heteroatoms. The number of halogens is 4. The first-order chi connectivity index (χ1) is 13.6. The Morgan fingerprint density at radius 1 is 1.17 bits per heavy atom.